The molecule has 3 rings (SSSR count). The van der Waals surface area contributed by atoms with Crippen LogP contribution in [0.2, 0.25) is 0 Å². The smallest absolute Gasteiger partial charge is 0.191 e. The van der Waals surface area contributed by atoms with Crippen LogP contribution in [0.3, 0.4) is 0 Å². The molecule has 2 heterocycles. The van der Waals surface area contributed by atoms with Crippen molar-refractivity contribution in [2.24, 2.45) is 4.99 Å². The number of benzene rings is 1. The number of hydrogen-bond acceptors (Lipinski definition) is 2. The van der Waals surface area contributed by atoms with Gasteiger partial charge in [0.05, 0.1) is 6.26 Å². The quantitative estimate of drug-likeness (QED) is 0.336. The molecule has 0 saturated carbocycles. The van der Waals surface area contributed by atoms with E-state index in [1.54, 1.807) is 6.26 Å². The number of aromatic nitrogens is 1. The van der Waals surface area contributed by atoms with Gasteiger partial charge in [0.2, 0.25) is 0 Å². The van der Waals surface area contributed by atoms with Crippen LogP contribution in [0.4, 0.5) is 0 Å². The fraction of sp³-hybridized carbons (Fsp3) is 0.250. The summed E-state index contributed by atoms with van der Waals surface area (Å²) >= 11 is 0. The first kappa shape index (κ1) is 16.9. The molecule has 0 aliphatic heterocycles. The van der Waals surface area contributed by atoms with Gasteiger partial charge in [-0.05, 0) is 30.2 Å². The minimum absolute atomic E-state index is 0.674. The van der Waals surface area contributed by atoms with E-state index in [0.717, 1.165) is 31.1 Å². The molecule has 0 atom stereocenters. The summed E-state index contributed by atoms with van der Waals surface area (Å²) in [5.41, 5.74) is 2.48. The van der Waals surface area contributed by atoms with E-state index in [0.29, 0.717) is 13.1 Å². The van der Waals surface area contributed by atoms with E-state index in [9.17, 15) is 0 Å². The van der Waals surface area contributed by atoms with Gasteiger partial charge in [0.1, 0.15) is 5.76 Å². The van der Waals surface area contributed by atoms with Gasteiger partial charge in [-0.25, -0.2) is 0 Å². The Labute approximate surface area is 147 Å². The average Bonchev–Trinajstić information content (AvgIpc) is 3.29. The minimum atomic E-state index is 0.674. The molecule has 0 spiro atoms. The van der Waals surface area contributed by atoms with Crippen LogP contribution in [0.5, 0.6) is 0 Å². The maximum Gasteiger partial charge on any atom is 0.191 e. The van der Waals surface area contributed by atoms with Crippen LogP contribution in [0, 0.1) is 0 Å². The third kappa shape index (κ3) is 4.76. The predicted molar refractivity (Wildman–Crippen MR) is 103 cm³/mol. The number of fused-ring (bicyclic) bond motifs is 1. The Bertz CT molecular complexity index is 817. The molecule has 3 N–H and O–H groups in total. The lowest BCUT2D eigenvalue weighted by Crippen LogP contribution is -2.38. The Morgan fingerprint density at radius 1 is 1.16 bits per heavy atom. The van der Waals surface area contributed by atoms with E-state index in [4.69, 9.17) is 4.42 Å². The number of para-hydroxylation sites is 1. The molecule has 0 fully saturated rings. The molecule has 0 unspecified atom stereocenters. The number of hydrogen-bond donors (Lipinski definition) is 3. The summed E-state index contributed by atoms with van der Waals surface area (Å²) in [7, 11) is 0. The van der Waals surface area contributed by atoms with Gasteiger partial charge in [-0.2, -0.15) is 0 Å². The van der Waals surface area contributed by atoms with Gasteiger partial charge in [0, 0.05) is 43.2 Å². The summed E-state index contributed by atoms with van der Waals surface area (Å²) in [6.45, 7) is 5.91. The standard InChI is InChI=1S/C20H24N4O/c1-2-11-21-20(23-13-10-17-6-5-14-25-17)22-12-9-16-15-24-19-8-4-3-7-18(16)19/h2-8,14-15,24H,1,9-13H2,(H2,21,22,23). The van der Waals surface area contributed by atoms with Crippen LogP contribution >= 0.6 is 0 Å². The Hall–Kier alpha value is -2.95. The molecular weight excluding hydrogens is 312 g/mol. The van der Waals surface area contributed by atoms with Crippen LogP contribution in [-0.2, 0) is 12.8 Å². The van der Waals surface area contributed by atoms with Crippen molar-refractivity contribution < 1.29 is 4.42 Å². The second-order valence-electron chi connectivity index (χ2n) is 5.77. The molecule has 5 nitrogen and oxygen atoms in total. The van der Waals surface area contributed by atoms with Crippen molar-refractivity contribution >= 4 is 16.9 Å². The highest BCUT2D eigenvalue weighted by molar-refractivity contribution is 5.83. The summed E-state index contributed by atoms with van der Waals surface area (Å²) in [5, 5.41) is 7.91. The molecule has 0 radical (unpaired) electrons. The molecule has 0 amide bonds. The number of aromatic amines is 1. The largest absolute Gasteiger partial charge is 0.469 e. The highest BCUT2D eigenvalue weighted by Gasteiger charge is 2.03. The molecule has 0 saturated heterocycles. The molecule has 2 aromatic heterocycles. The number of rotatable bonds is 8. The van der Waals surface area contributed by atoms with Crippen LogP contribution in [0.15, 0.2) is 70.9 Å². The number of H-pyrrole nitrogens is 1. The Morgan fingerprint density at radius 3 is 2.92 bits per heavy atom. The summed E-state index contributed by atoms with van der Waals surface area (Å²) in [6, 6.07) is 12.2. The number of furan rings is 1. The third-order valence-electron chi connectivity index (χ3n) is 3.98. The van der Waals surface area contributed by atoms with E-state index in [1.165, 1.54) is 16.5 Å². The van der Waals surface area contributed by atoms with Gasteiger partial charge >= 0.3 is 0 Å². The number of aliphatic imine (C=N–C) groups is 1. The molecule has 0 aliphatic carbocycles. The van der Waals surface area contributed by atoms with Gasteiger partial charge in [0.25, 0.3) is 0 Å². The molecule has 0 bridgehead atoms. The number of guanidine groups is 1. The zero-order valence-corrected chi connectivity index (χ0v) is 14.3. The van der Waals surface area contributed by atoms with E-state index in [1.807, 2.05) is 24.3 Å². The third-order valence-corrected chi connectivity index (χ3v) is 3.98. The lowest BCUT2D eigenvalue weighted by Gasteiger charge is -2.11. The fourth-order valence-corrected chi connectivity index (χ4v) is 2.73. The van der Waals surface area contributed by atoms with E-state index >= 15 is 0 Å². The lowest BCUT2D eigenvalue weighted by molar-refractivity contribution is 0.510. The average molecular weight is 336 g/mol. The Morgan fingerprint density at radius 2 is 2.08 bits per heavy atom. The normalized spacial score (nSPS) is 11.6. The summed E-state index contributed by atoms with van der Waals surface area (Å²) in [4.78, 5) is 7.91. The van der Waals surface area contributed by atoms with Crippen molar-refractivity contribution in [3.8, 4) is 0 Å². The molecule has 0 aliphatic rings. The maximum absolute atomic E-state index is 5.34. The van der Waals surface area contributed by atoms with Crippen LogP contribution in [-0.4, -0.2) is 30.6 Å². The van der Waals surface area contributed by atoms with Crippen LogP contribution in [0.1, 0.15) is 11.3 Å². The second-order valence-corrected chi connectivity index (χ2v) is 5.77. The number of nitrogens with one attached hydrogen (secondary N) is 3. The Balaban J connectivity index is 1.53. The molecule has 5 heteroatoms. The van der Waals surface area contributed by atoms with Crippen molar-refractivity contribution in [1.29, 1.82) is 0 Å². The van der Waals surface area contributed by atoms with Gasteiger partial charge in [-0.1, -0.05) is 24.3 Å². The monoisotopic (exact) mass is 336 g/mol. The lowest BCUT2D eigenvalue weighted by atomic mass is 10.1. The molecule has 130 valence electrons. The minimum Gasteiger partial charge on any atom is -0.469 e. The zero-order chi connectivity index (χ0) is 17.3. The van der Waals surface area contributed by atoms with Crippen molar-refractivity contribution in [2.45, 2.75) is 12.8 Å². The molecule has 1 aromatic carbocycles. The Kier molecular flexibility index (Phi) is 5.93. The van der Waals surface area contributed by atoms with Crippen LogP contribution < -0.4 is 10.6 Å². The topological polar surface area (TPSA) is 65.3 Å². The summed E-state index contributed by atoms with van der Waals surface area (Å²) < 4.78 is 5.34. The maximum atomic E-state index is 5.34. The predicted octanol–water partition coefficient (Wildman–Crippen LogP) is 3.27. The molecule has 3 aromatic rings. The van der Waals surface area contributed by atoms with E-state index in [-0.39, 0.29) is 0 Å². The fourth-order valence-electron chi connectivity index (χ4n) is 2.73. The second kappa shape index (κ2) is 8.78. The van der Waals surface area contributed by atoms with Crippen LogP contribution in [0.25, 0.3) is 10.9 Å². The van der Waals surface area contributed by atoms with Crippen molar-refractivity contribution in [2.75, 3.05) is 19.6 Å². The van der Waals surface area contributed by atoms with Gasteiger partial charge in [-0.3, -0.25) is 4.99 Å². The number of nitrogens with zero attached hydrogens (tertiary/aromatic N) is 1. The van der Waals surface area contributed by atoms with Gasteiger partial charge in [-0.15, -0.1) is 6.58 Å². The molecular formula is C20H24N4O. The summed E-state index contributed by atoms with van der Waals surface area (Å²) in [5.74, 6) is 1.75. The molecule has 25 heavy (non-hydrogen) atoms. The summed E-state index contributed by atoms with van der Waals surface area (Å²) in [6.07, 6.45) is 7.31. The van der Waals surface area contributed by atoms with E-state index < -0.39 is 0 Å². The first-order valence-electron chi connectivity index (χ1n) is 8.57. The van der Waals surface area contributed by atoms with Crippen molar-refractivity contribution in [1.82, 2.24) is 15.6 Å². The first-order valence-corrected chi connectivity index (χ1v) is 8.57. The zero-order valence-electron chi connectivity index (χ0n) is 14.3. The van der Waals surface area contributed by atoms with Crippen molar-refractivity contribution in [3.63, 3.8) is 0 Å². The van der Waals surface area contributed by atoms with Gasteiger partial charge < -0.3 is 20.0 Å². The highest BCUT2D eigenvalue weighted by Crippen LogP contribution is 2.17. The highest BCUT2D eigenvalue weighted by atomic mass is 16.3. The van der Waals surface area contributed by atoms with E-state index in [2.05, 4.69) is 51.6 Å². The first-order chi connectivity index (χ1) is 12.4. The van der Waals surface area contributed by atoms with Gasteiger partial charge in [0.15, 0.2) is 5.96 Å². The SMILES string of the molecule is C=CCNC(=NCCc1ccco1)NCCc1c[nH]c2ccccc12. The van der Waals surface area contributed by atoms with Crippen molar-refractivity contribution in [3.05, 3.63) is 72.8 Å².